The van der Waals surface area contributed by atoms with Crippen LogP contribution in [-0.4, -0.2) is 16.1 Å². The fraction of sp³-hybridized carbons (Fsp3) is 0.133. The highest BCUT2D eigenvalue weighted by molar-refractivity contribution is 5.93. The lowest BCUT2D eigenvalue weighted by atomic mass is 10.1. The quantitative estimate of drug-likeness (QED) is 0.651. The Bertz CT molecular complexity index is 689. The van der Waals surface area contributed by atoms with E-state index >= 15 is 0 Å². The molecule has 0 saturated carbocycles. The van der Waals surface area contributed by atoms with Crippen LogP contribution in [0.4, 0.5) is 10.1 Å². The maximum atomic E-state index is 13.8. The van der Waals surface area contributed by atoms with Gasteiger partial charge in [-0.15, -0.1) is 0 Å². The van der Waals surface area contributed by atoms with Crippen LogP contribution in [0.25, 0.3) is 0 Å². The van der Waals surface area contributed by atoms with Crippen molar-refractivity contribution in [2.75, 3.05) is 5.32 Å². The number of carbonyl (C=O) groups excluding carboxylic acids is 1. The fourth-order valence-corrected chi connectivity index (χ4v) is 1.99. The van der Waals surface area contributed by atoms with Gasteiger partial charge < -0.3 is 21.3 Å². The van der Waals surface area contributed by atoms with E-state index in [4.69, 9.17) is 5.73 Å². The largest absolute Gasteiger partial charge is 0.508 e. The second kappa shape index (κ2) is 5.70. The van der Waals surface area contributed by atoms with Crippen LogP contribution in [0, 0.1) is 5.82 Å². The van der Waals surface area contributed by atoms with E-state index < -0.39 is 17.8 Å². The van der Waals surface area contributed by atoms with Crippen molar-refractivity contribution in [3.05, 3.63) is 53.3 Å². The lowest BCUT2D eigenvalue weighted by Crippen LogP contribution is -2.13. The van der Waals surface area contributed by atoms with Crippen LogP contribution in [0.1, 0.15) is 28.9 Å². The first kappa shape index (κ1) is 14.6. The van der Waals surface area contributed by atoms with Crippen molar-refractivity contribution >= 4 is 11.6 Å². The van der Waals surface area contributed by atoms with Gasteiger partial charge in [0.1, 0.15) is 17.3 Å². The maximum absolute atomic E-state index is 13.8. The maximum Gasteiger partial charge on any atom is 0.248 e. The third-order valence-electron chi connectivity index (χ3n) is 3.10. The van der Waals surface area contributed by atoms with Gasteiger partial charge in [-0.3, -0.25) is 4.79 Å². The van der Waals surface area contributed by atoms with Crippen LogP contribution >= 0.6 is 0 Å². The van der Waals surface area contributed by atoms with Crippen molar-refractivity contribution < 1.29 is 19.4 Å². The highest BCUT2D eigenvalue weighted by Crippen LogP contribution is 2.30. The van der Waals surface area contributed by atoms with Gasteiger partial charge in [-0.1, -0.05) is 0 Å². The van der Waals surface area contributed by atoms with Crippen molar-refractivity contribution in [3.63, 3.8) is 0 Å². The molecular formula is C15H15FN2O3. The van der Waals surface area contributed by atoms with Gasteiger partial charge in [0, 0.05) is 11.1 Å². The molecule has 5 nitrogen and oxygen atoms in total. The highest BCUT2D eigenvalue weighted by atomic mass is 19.1. The molecule has 2 aromatic rings. The average molecular weight is 290 g/mol. The zero-order valence-corrected chi connectivity index (χ0v) is 11.3. The van der Waals surface area contributed by atoms with E-state index in [1.807, 2.05) is 0 Å². The summed E-state index contributed by atoms with van der Waals surface area (Å²) >= 11 is 0. The monoisotopic (exact) mass is 290 g/mol. The lowest BCUT2D eigenvalue weighted by molar-refractivity contribution is 0.100. The first-order chi connectivity index (χ1) is 9.88. The van der Waals surface area contributed by atoms with Gasteiger partial charge in [0.25, 0.3) is 0 Å². The number of hydrogen-bond donors (Lipinski definition) is 4. The van der Waals surface area contributed by atoms with Gasteiger partial charge in [0.15, 0.2) is 0 Å². The topological polar surface area (TPSA) is 95.6 Å². The van der Waals surface area contributed by atoms with Gasteiger partial charge >= 0.3 is 0 Å². The Morgan fingerprint density at radius 3 is 2.62 bits per heavy atom. The summed E-state index contributed by atoms with van der Waals surface area (Å²) in [5.74, 6) is -1.25. The van der Waals surface area contributed by atoms with Crippen LogP contribution < -0.4 is 11.1 Å². The number of hydrogen-bond acceptors (Lipinski definition) is 4. The Hall–Kier alpha value is -2.76. The number of anilines is 1. The van der Waals surface area contributed by atoms with Crippen molar-refractivity contribution in [1.29, 1.82) is 0 Å². The standard InChI is InChI=1S/C15H15FN2O3/c1-8(11-7-10(19)3-5-14(11)20)18-13-6-9(15(17)21)2-4-12(13)16/h2-8,18-20H,1H3,(H2,17,21). The number of benzene rings is 2. The number of nitrogens with two attached hydrogens (primary N) is 1. The predicted octanol–water partition coefficient (Wildman–Crippen LogP) is 2.51. The van der Waals surface area contributed by atoms with E-state index in [-0.39, 0.29) is 22.7 Å². The molecule has 2 rings (SSSR count). The van der Waals surface area contributed by atoms with Gasteiger partial charge in [0.05, 0.1) is 11.7 Å². The SMILES string of the molecule is CC(Nc1cc(C(N)=O)ccc1F)c1cc(O)ccc1O. The second-order valence-electron chi connectivity index (χ2n) is 4.67. The Morgan fingerprint density at radius 2 is 1.95 bits per heavy atom. The van der Waals surface area contributed by atoms with Crippen molar-refractivity contribution in [1.82, 2.24) is 0 Å². The van der Waals surface area contributed by atoms with E-state index in [0.29, 0.717) is 5.56 Å². The van der Waals surface area contributed by atoms with Crippen molar-refractivity contribution in [2.24, 2.45) is 5.73 Å². The third-order valence-corrected chi connectivity index (χ3v) is 3.10. The summed E-state index contributed by atoms with van der Waals surface area (Å²) in [6.07, 6.45) is 0. The smallest absolute Gasteiger partial charge is 0.248 e. The highest BCUT2D eigenvalue weighted by Gasteiger charge is 2.14. The molecule has 0 aliphatic rings. The molecule has 0 heterocycles. The minimum absolute atomic E-state index is 0.0113. The minimum Gasteiger partial charge on any atom is -0.508 e. The molecule has 0 spiro atoms. The number of amides is 1. The summed E-state index contributed by atoms with van der Waals surface area (Å²) in [4.78, 5) is 11.1. The Labute approximate surface area is 120 Å². The molecule has 0 aromatic heterocycles. The molecule has 0 bridgehead atoms. The van der Waals surface area contributed by atoms with Gasteiger partial charge in [-0.2, -0.15) is 0 Å². The molecule has 0 fully saturated rings. The van der Waals surface area contributed by atoms with Crippen LogP contribution in [0.15, 0.2) is 36.4 Å². The van der Waals surface area contributed by atoms with Crippen LogP contribution in [0.5, 0.6) is 11.5 Å². The third kappa shape index (κ3) is 3.22. The summed E-state index contributed by atoms with van der Waals surface area (Å²) < 4.78 is 13.8. The van der Waals surface area contributed by atoms with Crippen molar-refractivity contribution in [3.8, 4) is 11.5 Å². The molecule has 0 aliphatic heterocycles. The summed E-state index contributed by atoms with van der Waals surface area (Å²) in [5, 5.41) is 22.1. The molecule has 5 N–H and O–H groups in total. The van der Waals surface area contributed by atoms with Crippen LogP contribution in [0.2, 0.25) is 0 Å². The molecule has 110 valence electrons. The molecule has 1 unspecified atom stereocenters. The number of aromatic hydroxyl groups is 2. The molecule has 21 heavy (non-hydrogen) atoms. The number of rotatable bonds is 4. The number of phenols is 2. The van der Waals surface area contributed by atoms with Crippen LogP contribution in [0.3, 0.4) is 0 Å². The normalized spacial score (nSPS) is 11.9. The van der Waals surface area contributed by atoms with E-state index in [1.54, 1.807) is 6.92 Å². The summed E-state index contributed by atoms with van der Waals surface area (Å²) in [5.41, 5.74) is 5.82. The van der Waals surface area contributed by atoms with E-state index in [9.17, 15) is 19.4 Å². The number of primary amides is 1. The molecule has 0 aliphatic carbocycles. The van der Waals surface area contributed by atoms with Gasteiger partial charge in [0.2, 0.25) is 5.91 Å². The number of phenolic OH excluding ortho intramolecular Hbond substituents is 2. The average Bonchev–Trinajstić information content (AvgIpc) is 2.43. The van der Waals surface area contributed by atoms with Crippen molar-refractivity contribution in [2.45, 2.75) is 13.0 Å². The predicted molar refractivity (Wildman–Crippen MR) is 76.7 cm³/mol. The zero-order chi connectivity index (χ0) is 15.6. The van der Waals surface area contributed by atoms with Gasteiger partial charge in [-0.05, 0) is 43.3 Å². The molecule has 0 saturated heterocycles. The Kier molecular flexibility index (Phi) is 3.98. The summed E-state index contributed by atoms with van der Waals surface area (Å²) in [6.45, 7) is 1.69. The molecule has 6 heteroatoms. The number of nitrogens with one attached hydrogen (secondary N) is 1. The van der Waals surface area contributed by atoms with Gasteiger partial charge in [-0.25, -0.2) is 4.39 Å². The Balaban J connectivity index is 2.31. The second-order valence-corrected chi connectivity index (χ2v) is 4.67. The Morgan fingerprint density at radius 1 is 1.24 bits per heavy atom. The summed E-state index contributed by atoms with van der Waals surface area (Å²) in [7, 11) is 0. The van der Waals surface area contributed by atoms with E-state index in [0.717, 1.165) is 6.07 Å². The molecule has 1 amide bonds. The fourth-order valence-electron chi connectivity index (χ4n) is 1.99. The molecule has 2 aromatic carbocycles. The molecule has 1 atom stereocenters. The molecular weight excluding hydrogens is 275 g/mol. The first-order valence-corrected chi connectivity index (χ1v) is 6.26. The van der Waals surface area contributed by atoms with Crippen LogP contribution in [-0.2, 0) is 0 Å². The molecule has 0 radical (unpaired) electrons. The number of halogens is 1. The van der Waals surface area contributed by atoms with E-state index in [1.165, 1.54) is 30.3 Å². The zero-order valence-electron chi connectivity index (χ0n) is 11.3. The number of carbonyl (C=O) groups is 1. The summed E-state index contributed by atoms with van der Waals surface area (Å²) in [6, 6.07) is 7.31. The first-order valence-electron chi connectivity index (χ1n) is 6.26. The lowest BCUT2D eigenvalue weighted by Gasteiger charge is -2.18. The minimum atomic E-state index is -0.661. The van der Waals surface area contributed by atoms with E-state index in [2.05, 4.69) is 5.32 Å².